The standard InChI is InChI=1S/C17H20FNO2/c1-3-11-19-12-15-16(18)5-4-6-17(15)21-14-9-7-13(20-2)8-10-14/h4-10,19H,3,11-12H2,1-2H3. The number of ether oxygens (including phenoxy) is 2. The zero-order chi connectivity index (χ0) is 15.1. The highest BCUT2D eigenvalue weighted by atomic mass is 19.1. The second-order valence-corrected chi connectivity index (χ2v) is 4.67. The molecule has 0 saturated carbocycles. The summed E-state index contributed by atoms with van der Waals surface area (Å²) < 4.78 is 24.8. The Balaban J connectivity index is 2.15. The number of benzene rings is 2. The molecule has 0 heterocycles. The van der Waals surface area contributed by atoms with Crippen molar-refractivity contribution in [1.82, 2.24) is 5.32 Å². The van der Waals surface area contributed by atoms with Gasteiger partial charge in [-0.2, -0.15) is 0 Å². The molecule has 0 bridgehead atoms. The second-order valence-electron chi connectivity index (χ2n) is 4.67. The predicted molar refractivity (Wildman–Crippen MR) is 81.5 cm³/mol. The first kappa shape index (κ1) is 15.3. The predicted octanol–water partition coefficient (Wildman–Crippen LogP) is 4.13. The first-order valence-electron chi connectivity index (χ1n) is 7.04. The van der Waals surface area contributed by atoms with Crippen molar-refractivity contribution in [2.45, 2.75) is 19.9 Å². The number of hydrogen-bond donors (Lipinski definition) is 1. The summed E-state index contributed by atoms with van der Waals surface area (Å²) in [7, 11) is 1.61. The largest absolute Gasteiger partial charge is 0.497 e. The van der Waals surface area contributed by atoms with E-state index in [1.165, 1.54) is 6.07 Å². The van der Waals surface area contributed by atoms with E-state index in [9.17, 15) is 4.39 Å². The molecule has 0 spiro atoms. The summed E-state index contributed by atoms with van der Waals surface area (Å²) in [6.45, 7) is 3.37. The quantitative estimate of drug-likeness (QED) is 0.778. The summed E-state index contributed by atoms with van der Waals surface area (Å²) in [6.07, 6.45) is 1.00. The summed E-state index contributed by atoms with van der Waals surface area (Å²) in [4.78, 5) is 0. The highest BCUT2D eigenvalue weighted by molar-refractivity contribution is 5.40. The average molecular weight is 289 g/mol. The van der Waals surface area contributed by atoms with Crippen LogP contribution in [-0.4, -0.2) is 13.7 Å². The number of nitrogens with one attached hydrogen (secondary N) is 1. The van der Waals surface area contributed by atoms with E-state index in [1.807, 2.05) is 12.1 Å². The minimum absolute atomic E-state index is 0.260. The van der Waals surface area contributed by atoms with E-state index in [4.69, 9.17) is 9.47 Å². The molecule has 3 nitrogen and oxygen atoms in total. The molecular weight excluding hydrogens is 269 g/mol. The molecule has 112 valence electrons. The fourth-order valence-corrected chi connectivity index (χ4v) is 1.97. The van der Waals surface area contributed by atoms with Crippen molar-refractivity contribution < 1.29 is 13.9 Å². The first-order valence-corrected chi connectivity index (χ1v) is 7.04. The maximum atomic E-state index is 14.0. The van der Waals surface area contributed by atoms with Gasteiger partial charge < -0.3 is 14.8 Å². The third-order valence-corrected chi connectivity index (χ3v) is 3.09. The Morgan fingerprint density at radius 1 is 1.05 bits per heavy atom. The molecule has 2 aromatic rings. The van der Waals surface area contributed by atoms with Crippen LogP contribution in [0, 0.1) is 5.82 Å². The maximum absolute atomic E-state index is 14.0. The van der Waals surface area contributed by atoms with Gasteiger partial charge in [0, 0.05) is 12.1 Å². The number of hydrogen-bond acceptors (Lipinski definition) is 3. The topological polar surface area (TPSA) is 30.5 Å². The average Bonchev–Trinajstić information content (AvgIpc) is 2.51. The smallest absolute Gasteiger partial charge is 0.134 e. The van der Waals surface area contributed by atoms with Crippen molar-refractivity contribution in [3.63, 3.8) is 0 Å². The Morgan fingerprint density at radius 2 is 1.76 bits per heavy atom. The van der Waals surface area contributed by atoms with E-state index in [2.05, 4.69) is 12.2 Å². The first-order chi connectivity index (χ1) is 10.2. The van der Waals surface area contributed by atoms with E-state index in [1.54, 1.807) is 31.4 Å². The minimum atomic E-state index is -0.260. The highest BCUT2D eigenvalue weighted by Gasteiger charge is 2.10. The van der Waals surface area contributed by atoms with Gasteiger partial charge in [0.2, 0.25) is 0 Å². The Morgan fingerprint density at radius 3 is 2.43 bits per heavy atom. The van der Waals surface area contributed by atoms with Gasteiger partial charge in [-0.1, -0.05) is 13.0 Å². The van der Waals surface area contributed by atoms with E-state index >= 15 is 0 Å². The molecule has 0 amide bonds. The number of methoxy groups -OCH3 is 1. The lowest BCUT2D eigenvalue weighted by molar-refractivity contribution is 0.412. The van der Waals surface area contributed by atoms with Gasteiger partial charge in [-0.15, -0.1) is 0 Å². The van der Waals surface area contributed by atoms with E-state index in [0.717, 1.165) is 18.7 Å². The van der Waals surface area contributed by atoms with E-state index in [0.29, 0.717) is 23.6 Å². The number of halogens is 1. The van der Waals surface area contributed by atoms with Crippen molar-refractivity contribution in [2.24, 2.45) is 0 Å². The zero-order valence-corrected chi connectivity index (χ0v) is 12.4. The molecule has 0 radical (unpaired) electrons. The molecule has 0 aliphatic carbocycles. The lowest BCUT2D eigenvalue weighted by atomic mass is 10.2. The van der Waals surface area contributed by atoms with Crippen LogP contribution in [0.25, 0.3) is 0 Å². The van der Waals surface area contributed by atoms with Crippen LogP contribution in [0.1, 0.15) is 18.9 Å². The summed E-state index contributed by atoms with van der Waals surface area (Å²) in [5, 5.41) is 3.20. The summed E-state index contributed by atoms with van der Waals surface area (Å²) in [5.74, 6) is 1.68. The lowest BCUT2D eigenvalue weighted by Gasteiger charge is -2.13. The SMILES string of the molecule is CCCNCc1c(F)cccc1Oc1ccc(OC)cc1. The zero-order valence-electron chi connectivity index (χ0n) is 12.4. The van der Waals surface area contributed by atoms with Gasteiger partial charge in [0.15, 0.2) is 0 Å². The van der Waals surface area contributed by atoms with Gasteiger partial charge in [-0.05, 0) is 49.4 Å². The van der Waals surface area contributed by atoms with E-state index < -0.39 is 0 Å². The Kier molecular flexibility index (Phi) is 5.58. The molecule has 21 heavy (non-hydrogen) atoms. The van der Waals surface area contributed by atoms with Gasteiger partial charge in [-0.3, -0.25) is 0 Å². The van der Waals surface area contributed by atoms with Gasteiger partial charge in [0.05, 0.1) is 7.11 Å². The third kappa shape index (κ3) is 4.20. The van der Waals surface area contributed by atoms with Crippen LogP contribution >= 0.6 is 0 Å². The second kappa shape index (κ2) is 7.64. The molecule has 0 unspecified atom stereocenters. The van der Waals surface area contributed by atoms with Crippen LogP contribution in [-0.2, 0) is 6.54 Å². The van der Waals surface area contributed by atoms with Crippen LogP contribution < -0.4 is 14.8 Å². The fourth-order valence-electron chi connectivity index (χ4n) is 1.97. The summed E-state index contributed by atoms with van der Waals surface area (Å²) >= 11 is 0. The fraction of sp³-hybridized carbons (Fsp3) is 0.294. The van der Waals surface area contributed by atoms with Crippen molar-refractivity contribution in [2.75, 3.05) is 13.7 Å². The minimum Gasteiger partial charge on any atom is -0.497 e. The summed E-state index contributed by atoms with van der Waals surface area (Å²) in [5.41, 5.74) is 0.543. The maximum Gasteiger partial charge on any atom is 0.134 e. The molecule has 0 fully saturated rings. The van der Waals surface area contributed by atoms with E-state index in [-0.39, 0.29) is 5.82 Å². The molecule has 1 N–H and O–H groups in total. The van der Waals surface area contributed by atoms with Gasteiger partial charge in [-0.25, -0.2) is 4.39 Å². The lowest BCUT2D eigenvalue weighted by Crippen LogP contribution is -2.15. The highest BCUT2D eigenvalue weighted by Crippen LogP contribution is 2.28. The normalized spacial score (nSPS) is 10.4. The van der Waals surface area contributed by atoms with Crippen LogP contribution in [0.5, 0.6) is 17.2 Å². The van der Waals surface area contributed by atoms with Crippen molar-refractivity contribution in [3.05, 3.63) is 53.8 Å². The van der Waals surface area contributed by atoms with Crippen molar-refractivity contribution >= 4 is 0 Å². The van der Waals surface area contributed by atoms with Crippen LogP contribution in [0.15, 0.2) is 42.5 Å². The van der Waals surface area contributed by atoms with Crippen LogP contribution in [0.2, 0.25) is 0 Å². The molecule has 0 aliphatic rings. The molecule has 0 aromatic heterocycles. The molecule has 2 aromatic carbocycles. The molecular formula is C17H20FNO2. The van der Waals surface area contributed by atoms with Crippen molar-refractivity contribution in [3.8, 4) is 17.2 Å². The van der Waals surface area contributed by atoms with Gasteiger partial charge in [0.25, 0.3) is 0 Å². The van der Waals surface area contributed by atoms with Crippen LogP contribution in [0.4, 0.5) is 4.39 Å². The molecule has 4 heteroatoms. The Bertz CT molecular complexity index is 570. The van der Waals surface area contributed by atoms with Gasteiger partial charge in [0.1, 0.15) is 23.1 Å². The Labute approximate surface area is 124 Å². The third-order valence-electron chi connectivity index (χ3n) is 3.09. The monoisotopic (exact) mass is 289 g/mol. The van der Waals surface area contributed by atoms with Crippen molar-refractivity contribution in [1.29, 1.82) is 0 Å². The van der Waals surface area contributed by atoms with Gasteiger partial charge >= 0.3 is 0 Å². The summed E-state index contributed by atoms with van der Waals surface area (Å²) in [6, 6.07) is 12.1. The molecule has 0 aliphatic heterocycles. The van der Waals surface area contributed by atoms with Crippen LogP contribution in [0.3, 0.4) is 0 Å². The number of rotatable bonds is 7. The molecule has 2 rings (SSSR count). The molecule has 0 saturated heterocycles. The Hall–Kier alpha value is -2.07. The molecule has 0 atom stereocenters.